The van der Waals surface area contributed by atoms with E-state index in [1.165, 1.54) is 5.56 Å². The average molecular weight is 318 g/mol. The van der Waals surface area contributed by atoms with Crippen LogP contribution in [0.15, 0.2) is 54.6 Å². The number of rotatable bonds is 8. The van der Waals surface area contributed by atoms with E-state index in [0.29, 0.717) is 18.0 Å². The molecular formula is C18H20ClNO2. The Morgan fingerprint density at radius 1 is 1.09 bits per heavy atom. The van der Waals surface area contributed by atoms with E-state index in [4.69, 9.17) is 16.7 Å². The van der Waals surface area contributed by atoms with Gasteiger partial charge in [-0.05, 0) is 36.1 Å². The molecular weight excluding hydrogens is 298 g/mol. The summed E-state index contributed by atoms with van der Waals surface area (Å²) in [5, 5.41) is 13.1. The number of benzene rings is 2. The van der Waals surface area contributed by atoms with E-state index < -0.39 is 5.97 Å². The van der Waals surface area contributed by atoms with Crippen molar-refractivity contribution in [3.63, 3.8) is 0 Å². The highest BCUT2D eigenvalue weighted by atomic mass is 35.5. The molecule has 0 saturated carbocycles. The lowest BCUT2D eigenvalue weighted by atomic mass is 10.0. The van der Waals surface area contributed by atoms with E-state index in [0.717, 1.165) is 12.0 Å². The van der Waals surface area contributed by atoms with Gasteiger partial charge in [-0.25, -0.2) is 0 Å². The molecule has 0 heterocycles. The largest absolute Gasteiger partial charge is 0.481 e. The van der Waals surface area contributed by atoms with Crippen molar-refractivity contribution in [1.29, 1.82) is 0 Å². The van der Waals surface area contributed by atoms with Crippen LogP contribution >= 0.6 is 11.6 Å². The molecule has 0 radical (unpaired) electrons. The molecule has 3 nitrogen and oxygen atoms in total. The zero-order chi connectivity index (χ0) is 15.8. The first-order chi connectivity index (χ1) is 10.6. The van der Waals surface area contributed by atoms with Crippen LogP contribution in [0, 0.1) is 0 Å². The molecule has 22 heavy (non-hydrogen) atoms. The molecule has 4 heteroatoms. The normalized spacial score (nSPS) is 12.0. The molecule has 0 aliphatic rings. The smallest absolute Gasteiger partial charge is 0.303 e. The molecule has 0 fully saturated rings. The van der Waals surface area contributed by atoms with Crippen molar-refractivity contribution >= 4 is 17.6 Å². The predicted octanol–water partition coefficient (Wildman–Crippen LogP) is 3.91. The van der Waals surface area contributed by atoms with Gasteiger partial charge in [0.05, 0.1) is 0 Å². The Bertz CT molecular complexity index is 601. The molecule has 0 aliphatic carbocycles. The quantitative estimate of drug-likeness (QED) is 0.776. The molecule has 2 aromatic rings. The van der Waals surface area contributed by atoms with Crippen LogP contribution in [0.4, 0.5) is 0 Å². The van der Waals surface area contributed by atoms with Gasteiger partial charge in [0.15, 0.2) is 0 Å². The molecule has 0 saturated heterocycles. The van der Waals surface area contributed by atoms with Crippen molar-refractivity contribution in [2.75, 3.05) is 0 Å². The summed E-state index contributed by atoms with van der Waals surface area (Å²) in [6, 6.07) is 17.9. The average Bonchev–Trinajstić information content (AvgIpc) is 2.51. The van der Waals surface area contributed by atoms with E-state index in [1.807, 2.05) is 42.5 Å². The summed E-state index contributed by atoms with van der Waals surface area (Å²) in [7, 11) is 0. The molecule has 0 bridgehead atoms. The fourth-order valence-corrected chi connectivity index (χ4v) is 2.59. The van der Waals surface area contributed by atoms with Crippen molar-refractivity contribution in [1.82, 2.24) is 5.32 Å². The maximum absolute atomic E-state index is 10.8. The SMILES string of the molecule is O=C(O)CCC(Cc1ccccc1)NCc1cccc(Cl)c1. The van der Waals surface area contributed by atoms with Gasteiger partial charge in [0.1, 0.15) is 0 Å². The maximum atomic E-state index is 10.8. The molecule has 116 valence electrons. The highest BCUT2D eigenvalue weighted by Crippen LogP contribution is 2.12. The third kappa shape index (κ3) is 5.88. The lowest BCUT2D eigenvalue weighted by molar-refractivity contribution is -0.137. The van der Waals surface area contributed by atoms with Crippen LogP contribution in [0.25, 0.3) is 0 Å². The third-order valence-corrected chi connectivity index (χ3v) is 3.75. The van der Waals surface area contributed by atoms with Gasteiger partial charge in [-0.1, -0.05) is 54.1 Å². The van der Waals surface area contributed by atoms with Gasteiger partial charge in [-0.3, -0.25) is 4.79 Å². The van der Waals surface area contributed by atoms with Gasteiger partial charge >= 0.3 is 5.97 Å². The molecule has 0 spiro atoms. The molecule has 1 unspecified atom stereocenters. The molecule has 1 atom stereocenters. The van der Waals surface area contributed by atoms with Gasteiger partial charge in [-0.2, -0.15) is 0 Å². The van der Waals surface area contributed by atoms with Gasteiger partial charge in [-0.15, -0.1) is 0 Å². The Labute approximate surface area is 135 Å². The van der Waals surface area contributed by atoms with E-state index in [9.17, 15) is 4.79 Å². The van der Waals surface area contributed by atoms with Crippen LogP contribution in [-0.4, -0.2) is 17.1 Å². The Morgan fingerprint density at radius 3 is 2.50 bits per heavy atom. The second-order valence-corrected chi connectivity index (χ2v) is 5.77. The van der Waals surface area contributed by atoms with Crippen LogP contribution in [0.3, 0.4) is 0 Å². The summed E-state index contributed by atoms with van der Waals surface area (Å²) in [5.74, 6) is -0.761. The standard InChI is InChI=1S/C18H20ClNO2/c19-16-8-4-7-15(11-16)13-20-17(9-10-18(21)22)12-14-5-2-1-3-6-14/h1-8,11,17,20H,9-10,12-13H2,(H,21,22). The van der Waals surface area contributed by atoms with Gasteiger partial charge in [0.25, 0.3) is 0 Å². The summed E-state index contributed by atoms with van der Waals surface area (Å²) in [4.78, 5) is 10.8. The minimum absolute atomic E-state index is 0.123. The van der Waals surface area contributed by atoms with Crippen LogP contribution in [0.1, 0.15) is 24.0 Å². The second kappa shape index (κ2) is 8.57. The van der Waals surface area contributed by atoms with E-state index >= 15 is 0 Å². The number of carboxylic acid groups (broad SMARTS) is 1. The van der Waals surface area contributed by atoms with Crippen molar-refractivity contribution in [3.8, 4) is 0 Å². The van der Waals surface area contributed by atoms with Gasteiger partial charge in [0, 0.05) is 24.0 Å². The number of nitrogens with one attached hydrogen (secondary N) is 1. The predicted molar refractivity (Wildman–Crippen MR) is 89.1 cm³/mol. The fraction of sp³-hybridized carbons (Fsp3) is 0.278. The highest BCUT2D eigenvalue weighted by Gasteiger charge is 2.11. The molecule has 0 amide bonds. The Balaban J connectivity index is 1.96. The van der Waals surface area contributed by atoms with E-state index in [2.05, 4.69) is 17.4 Å². The number of carbonyl (C=O) groups is 1. The Kier molecular flexibility index (Phi) is 6.44. The molecule has 0 aliphatic heterocycles. The summed E-state index contributed by atoms with van der Waals surface area (Å²) in [6.07, 6.45) is 1.58. The van der Waals surface area contributed by atoms with Gasteiger partial charge in [0.2, 0.25) is 0 Å². The molecule has 0 aromatic heterocycles. The lowest BCUT2D eigenvalue weighted by Crippen LogP contribution is -2.31. The third-order valence-electron chi connectivity index (χ3n) is 3.52. The summed E-state index contributed by atoms with van der Waals surface area (Å²) in [5.41, 5.74) is 2.30. The first kappa shape index (κ1) is 16.5. The van der Waals surface area contributed by atoms with Crippen LogP contribution in [0.5, 0.6) is 0 Å². The summed E-state index contributed by atoms with van der Waals surface area (Å²) >= 11 is 5.99. The van der Waals surface area contributed by atoms with Crippen molar-refractivity contribution in [2.45, 2.75) is 31.8 Å². The first-order valence-corrected chi connectivity index (χ1v) is 7.75. The molecule has 2 N–H and O–H groups in total. The number of carboxylic acids is 1. The van der Waals surface area contributed by atoms with E-state index in [1.54, 1.807) is 0 Å². The van der Waals surface area contributed by atoms with Crippen LogP contribution in [-0.2, 0) is 17.8 Å². The zero-order valence-electron chi connectivity index (χ0n) is 12.3. The molecule has 2 aromatic carbocycles. The maximum Gasteiger partial charge on any atom is 0.303 e. The van der Waals surface area contributed by atoms with E-state index in [-0.39, 0.29) is 12.5 Å². The summed E-state index contributed by atoms with van der Waals surface area (Å²) < 4.78 is 0. The van der Waals surface area contributed by atoms with Crippen molar-refractivity contribution in [2.24, 2.45) is 0 Å². The Morgan fingerprint density at radius 2 is 1.82 bits per heavy atom. The number of halogens is 1. The van der Waals surface area contributed by atoms with Crippen molar-refractivity contribution in [3.05, 3.63) is 70.7 Å². The minimum atomic E-state index is -0.761. The monoisotopic (exact) mass is 317 g/mol. The van der Waals surface area contributed by atoms with Crippen molar-refractivity contribution < 1.29 is 9.90 Å². The second-order valence-electron chi connectivity index (χ2n) is 5.33. The number of aliphatic carboxylic acids is 1. The Hall–Kier alpha value is -1.84. The van der Waals surface area contributed by atoms with Crippen LogP contribution < -0.4 is 5.32 Å². The van der Waals surface area contributed by atoms with Crippen LogP contribution in [0.2, 0.25) is 5.02 Å². The lowest BCUT2D eigenvalue weighted by Gasteiger charge is -2.18. The topological polar surface area (TPSA) is 49.3 Å². The summed E-state index contributed by atoms with van der Waals surface area (Å²) in [6.45, 7) is 0.678. The first-order valence-electron chi connectivity index (χ1n) is 7.37. The number of hydrogen-bond acceptors (Lipinski definition) is 2. The zero-order valence-corrected chi connectivity index (χ0v) is 13.1. The fourth-order valence-electron chi connectivity index (χ4n) is 2.38. The molecule has 2 rings (SSSR count). The number of hydrogen-bond donors (Lipinski definition) is 2. The van der Waals surface area contributed by atoms with Gasteiger partial charge < -0.3 is 10.4 Å². The highest BCUT2D eigenvalue weighted by molar-refractivity contribution is 6.30. The minimum Gasteiger partial charge on any atom is -0.481 e.